The minimum atomic E-state index is -3.47. The lowest BCUT2D eigenvalue weighted by molar-refractivity contribution is 0.272. The molecule has 1 aromatic rings. The van der Waals surface area contributed by atoms with Gasteiger partial charge in [0.1, 0.15) is 0 Å². The van der Waals surface area contributed by atoms with Gasteiger partial charge >= 0.3 is 0 Å². The van der Waals surface area contributed by atoms with Crippen LogP contribution in [0.25, 0.3) is 0 Å². The number of nitrogens with zero attached hydrogens (tertiary/aromatic N) is 1. The highest BCUT2D eigenvalue weighted by Gasteiger charge is 2.21. The maximum absolute atomic E-state index is 11.6. The molecule has 1 rings (SSSR count). The lowest BCUT2D eigenvalue weighted by atomic mass is 10.2. The van der Waals surface area contributed by atoms with Crippen LogP contribution in [0.4, 0.5) is 0 Å². The maximum atomic E-state index is 11.6. The van der Waals surface area contributed by atoms with E-state index in [1.165, 1.54) is 25.4 Å². The Hall–Kier alpha value is -0.470. The van der Waals surface area contributed by atoms with Gasteiger partial charge in [-0.2, -0.15) is 17.4 Å². The molecule has 0 saturated carbocycles. The molecule has 1 aromatic heterocycles. The summed E-state index contributed by atoms with van der Waals surface area (Å²) in [5.74, 6) is 0. The van der Waals surface area contributed by atoms with E-state index in [-0.39, 0.29) is 12.6 Å². The van der Waals surface area contributed by atoms with E-state index in [0.717, 1.165) is 9.18 Å². The zero-order valence-corrected chi connectivity index (χ0v) is 10.9. The van der Waals surface area contributed by atoms with E-state index in [4.69, 9.17) is 5.11 Å². The molecule has 0 saturated heterocycles. The Kier molecular flexibility index (Phi) is 4.88. The zero-order valence-electron chi connectivity index (χ0n) is 9.25. The molecule has 0 fully saturated rings. The Bertz CT molecular complexity index is 400. The molecule has 1 unspecified atom stereocenters. The molecule has 2 N–H and O–H groups in total. The fraction of sp³-hybridized carbons (Fsp3) is 0.556. The predicted octanol–water partition coefficient (Wildman–Crippen LogP) is 0.568. The van der Waals surface area contributed by atoms with Crippen LogP contribution in [0.1, 0.15) is 17.3 Å². The molecule has 0 aliphatic carbocycles. The van der Waals surface area contributed by atoms with Crippen molar-refractivity contribution >= 4 is 21.5 Å². The summed E-state index contributed by atoms with van der Waals surface area (Å²) < 4.78 is 27.0. The third-order valence-corrected chi connectivity index (χ3v) is 4.61. The normalized spacial score (nSPS) is 14.2. The van der Waals surface area contributed by atoms with Crippen LogP contribution in [0.5, 0.6) is 0 Å². The van der Waals surface area contributed by atoms with Gasteiger partial charge in [-0.1, -0.05) is 6.07 Å². The summed E-state index contributed by atoms with van der Waals surface area (Å²) in [5.41, 5.74) is 0. The number of hydrogen-bond donors (Lipinski definition) is 2. The fourth-order valence-corrected chi connectivity index (χ4v) is 2.87. The summed E-state index contributed by atoms with van der Waals surface area (Å²) in [6.45, 7) is -0.0570. The quantitative estimate of drug-likeness (QED) is 0.789. The molecule has 0 radical (unpaired) electrons. The number of rotatable bonds is 6. The average Bonchev–Trinajstić information content (AvgIpc) is 2.69. The average molecular weight is 264 g/mol. The topological polar surface area (TPSA) is 69.6 Å². The van der Waals surface area contributed by atoms with E-state index in [1.54, 1.807) is 0 Å². The van der Waals surface area contributed by atoms with Crippen molar-refractivity contribution in [2.45, 2.75) is 12.5 Å². The standard InChI is InChI=1S/C9H16N2O3S2/c1-11(2)16(13,14)10-8(5-6-12)9-4-3-7-15-9/h3-4,7-8,10,12H,5-6H2,1-2H3. The Labute approximate surface area is 99.9 Å². The van der Waals surface area contributed by atoms with Crippen molar-refractivity contribution in [2.24, 2.45) is 0 Å². The summed E-state index contributed by atoms with van der Waals surface area (Å²) in [4.78, 5) is 0.902. The molecule has 92 valence electrons. The van der Waals surface area contributed by atoms with Crippen molar-refractivity contribution in [3.63, 3.8) is 0 Å². The van der Waals surface area contributed by atoms with Crippen molar-refractivity contribution < 1.29 is 13.5 Å². The Morgan fingerprint density at radius 2 is 2.25 bits per heavy atom. The van der Waals surface area contributed by atoms with Crippen LogP contribution in [-0.2, 0) is 10.2 Å². The van der Waals surface area contributed by atoms with Crippen molar-refractivity contribution in [2.75, 3.05) is 20.7 Å². The first-order valence-corrected chi connectivity index (χ1v) is 7.13. The Morgan fingerprint density at radius 1 is 1.56 bits per heavy atom. The summed E-state index contributed by atoms with van der Waals surface area (Å²) in [6.07, 6.45) is 0.369. The first kappa shape index (κ1) is 13.6. The second-order valence-corrected chi connectivity index (χ2v) is 6.38. The van der Waals surface area contributed by atoms with E-state index < -0.39 is 10.2 Å². The van der Waals surface area contributed by atoms with Gasteiger partial charge in [0.25, 0.3) is 10.2 Å². The number of hydrogen-bond acceptors (Lipinski definition) is 4. The van der Waals surface area contributed by atoms with Gasteiger partial charge in [-0.05, 0) is 17.9 Å². The summed E-state index contributed by atoms with van der Waals surface area (Å²) in [6, 6.07) is 3.34. The monoisotopic (exact) mass is 264 g/mol. The number of nitrogens with one attached hydrogen (secondary N) is 1. The molecule has 5 nitrogen and oxygen atoms in total. The molecule has 7 heteroatoms. The van der Waals surface area contributed by atoms with Gasteiger partial charge in [0.15, 0.2) is 0 Å². The minimum absolute atomic E-state index is 0.0570. The Balaban J connectivity index is 2.81. The van der Waals surface area contributed by atoms with Crippen LogP contribution < -0.4 is 4.72 Å². The van der Waals surface area contributed by atoms with Crippen molar-refractivity contribution in [3.8, 4) is 0 Å². The van der Waals surface area contributed by atoms with E-state index in [0.29, 0.717) is 6.42 Å². The van der Waals surface area contributed by atoms with E-state index in [2.05, 4.69) is 4.72 Å². The summed E-state index contributed by atoms with van der Waals surface area (Å²) >= 11 is 1.47. The van der Waals surface area contributed by atoms with Gasteiger partial charge in [0.2, 0.25) is 0 Å². The lowest BCUT2D eigenvalue weighted by Gasteiger charge is -2.19. The largest absolute Gasteiger partial charge is 0.396 e. The van der Waals surface area contributed by atoms with Crippen LogP contribution in [-0.4, -0.2) is 38.5 Å². The molecule has 0 amide bonds. The van der Waals surface area contributed by atoms with Crippen molar-refractivity contribution in [1.29, 1.82) is 0 Å². The molecule has 0 bridgehead atoms. The van der Waals surface area contributed by atoms with Crippen LogP contribution >= 0.6 is 11.3 Å². The number of aliphatic hydroxyl groups is 1. The van der Waals surface area contributed by atoms with Crippen LogP contribution in [0.3, 0.4) is 0 Å². The molecule has 0 aromatic carbocycles. The molecule has 0 aliphatic rings. The Morgan fingerprint density at radius 3 is 2.69 bits per heavy atom. The molecule has 16 heavy (non-hydrogen) atoms. The first-order chi connectivity index (χ1) is 7.47. The first-order valence-electron chi connectivity index (χ1n) is 4.81. The zero-order chi connectivity index (χ0) is 12.2. The van der Waals surface area contributed by atoms with Crippen LogP contribution in [0.2, 0.25) is 0 Å². The summed E-state index contributed by atoms with van der Waals surface area (Å²) in [7, 11) is -0.537. The van der Waals surface area contributed by atoms with Gasteiger partial charge in [-0.3, -0.25) is 0 Å². The highest BCUT2D eigenvalue weighted by molar-refractivity contribution is 7.87. The number of aliphatic hydroxyl groups excluding tert-OH is 1. The molecule has 1 atom stereocenters. The molecular formula is C9H16N2O3S2. The maximum Gasteiger partial charge on any atom is 0.279 e. The predicted molar refractivity (Wildman–Crippen MR) is 64.5 cm³/mol. The van der Waals surface area contributed by atoms with Gasteiger partial charge in [-0.25, -0.2) is 0 Å². The fourth-order valence-electron chi connectivity index (χ4n) is 1.16. The van der Waals surface area contributed by atoms with Gasteiger partial charge in [0.05, 0.1) is 6.04 Å². The van der Waals surface area contributed by atoms with Crippen molar-refractivity contribution in [1.82, 2.24) is 9.03 Å². The second-order valence-electron chi connectivity index (χ2n) is 3.49. The summed E-state index contributed by atoms with van der Waals surface area (Å²) in [5, 5.41) is 10.8. The second kappa shape index (κ2) is 5.74. The van der Waals surface area contributed by atoms with Gasteiger partial charge in [-0.15, -0.1) is 11.3 Å². The van der Waals surface area contributed by atoms with E-state index in [9.17, 15) is 8.42 Å². The van der Waals surface area contributed by atoms with Crippen molar-refractivity contribution in [3.05, 3.63) is 22.4 Å². The van der Waals surface area contributed by atoms with Gasteiger partial charge in [0, 0.05) is 25.6 Å². The third kappa shape index (κ3) is 3.53. The smallest absolute Gasteiger partial charge is 0.279 e. The highest BCUT2D eigenvalue weighted by atomic mass is 32.2. The van der Waals surface area contributed by atoms with Gasteiger partial charge < -0.3 is 5.11 Å². The molecule has 0 aliphatic heterocycles. The van der Waals surface area contributed by atoms with E-state index >= 15 is 0 Å². The third-order valence-electron chi connectivity index (χ3n) is 2.08. The molecule has 0 spiro atoms. The van der Waals surface area contributed by atoms with E-state index in [1.807, 2.05) is 17.5 Å². The van der Waals surface area contributed by atoms with Crippen LogP contribution in [0.15, 0.2) is 17.5 Å². The molecular weight excluding hydrogens is 248 g/mol. The SMILES string of the molecule is CN(C)S(=O)(=O)NC(CCO)c1cccs1. The van der Waals surface area contributed by atoms with Crippen LogP contribution in [0, 0.1) is 0 Å². The highest BCUT2D eigenvalue weighted by Crippen LogP contribution is 2.22. The molecule has 1 heterocycles. The lowest BCUT2D eigenvalue weighted by Crippen LogP contribution is -2.38. The number of thiophene rings is 1. The minimum Gasteiger partial charge on any atom is -0.396 e.